The molecule has 2 aliphatic rings. The smallest absolute Gasteiger partial charge is 1.00 e. The van der Waals surface area contributed by atoms with Gasteiger partial charge in [-0.1, -0.05) is 120 Å². The van der Waals surface area contributed by atoms with Crippen molar-refractivity contribution in [3.63, 3.8) is 0 Å². The van der Waals surface area contributed by atoms with Crippen molar-refractivity contribution in [2.24, 2.45) is 0 Å². The molecule has 1 radical (unpaired) electrons. The Morgan fingerprint density at radius 2 is 0.868 bits per heavy atom. The number of hydrogen-bond acceptors (Lipinski definition) is 0. The van der Waals surface area contributed by atoms with Crippen LogP contribution in [0.15, 0.2) is 108 Å². The van der Waals surface area contributed by atoms with E-state index >= 15 is 0 Å². The Labute approximate surface area is 263 Å². The molecule has 0 N–H and O–H groups in total. The summed E-state index contributed by atoms with van der Waals surface area (Å²) in [7, 11) is 0.165. The summed E-state index contributed by atoms with van der Waals surface area (Å²) >= 11 is 0. The maximum atomic E-state index is 2.45. The molecule has 0 fully saturated rings. The maximum absolute atomic E-state index is 2.45. The van der Waals surface area contributed by atoms with Gasteiger partial charge in [0.2, 0.25) is 0 Å². The van der Waals surface area contributed by atoms with Crippen LogP contribution in [-0.4, -0.2) is 9.52 Å². The largest absolute Gasteiger partial charge is 4.00 e. The zero-order valence-corrected chi connectivity index (χ0v) is 27.5. The van der Waals surface area contributed by atoms with E-state index in [0.29, 0.717) is 11.1 Å². The number of benzene rings is 4. The van der Waals surface area contributed by atoms with Gasteiger partial charge in [-0.2, -0.15) is 0 Å². The quantitative estimate of drug-likeness (QED) is 0.240. The minimum Gasteiger partial charge on any atom is -1.00 e. The minimum atomic E-state index is 0. The van der Waals surface area contributed by atoms with Crippen molar-refractivity contribution >= 4 is 21.7 Å². The molecule has 191 valence electrons. The second-order valence-corrected chi connectivity index (χ2v) is 11.0. The van der Waals surface area contributed by atoms with E-state index in [4.69, 9.17) is 0 Å². The number of rotatable bonds is 4. The Hall–Kier alpha value is -1.96. The summed E-state index contributed by atoms with van der Waals surface area (Å²) in [6, 6.07) is 35.4. The maximum Gasteiger partial charge on any atom is 4.00 e. The average Bonchev–Trinajstić information content (AvgIpc) is 3.36. The molecule has 0 aromatic heterocycles. The molecule has 0 amide bonds. The van der Waals surface area contributed by atoms with Crippen LogP contribution >= 0.6 is 0 Å². The van der Waals surface area contributed by atoms with Crippen molar-refractivity contribution in [2.75, 3.05) is 0 Å². The molecular weight excluding hydrogens is 599 g/mol. The molecule has 0 saturated carbocycles. The normalized spacial score (nSPS) is 16.1. The molecule has 4 aromatic carbocycles. The Balaban J connectivity index is 0.00000144. The van der Waals surface area contributed by atoms with Crippen molar-refractivity contribution in [1.82, 2.24) is 0 Å². The monoisotopic (exact) mass is 629 g/mol. The summed E-state index contributed by atoms with van der Waals surface area (Å²) in [5, 5.41) is 0. The van der Waals surface area contributed by atoms with Crippen LogP contribution in [0.4, 0.5) is 0 Å². The van der Waals surface area contributed by atoms with Gasteiger partial charge in [-0.25, -0.2) is 0 Å². The fraction of sp³-hybridized carbons (Fsp3) is 0.118. The van der Waals surface area contributed by atoms with Crippen LogP contribution in [0.3, 0.4) is 0 Å². The summed E-state index contributed by atoms with van der Waals surface area (Å²) in [5.41, 5.74) is 15.4. The van der Waals surface area contributed by atoms with E-state index in [9.17, 15) is 0 Å². The molecule has 0 saturated heterocycles. The van der Waals surface area contributed by atoms with E-state index in [1.54, 1.807) is 0 Å². The van der Waals surface area contributed by atoms with Gasteiger partial charge < -0.3 is 39.7 Å². The zero-order chi connectivity index (χ0) is 22.4. The number of fused-ring (bicyclic) bond motifs is 2. The third-order valence-corrected chi connectivity index (χ3v) is 9.77. The van der Waals surface area contributed by atoms with Crippen molar-refractivity contribution in [3.05, 3.63) is 145 Å². The summed E-state index contributed by atoms with van der Waals surface area (Å²) in [6.45, 7) is 4.67. The summed E-state index contributed by atoms with van der Waals surface area (Å²) < 4.78 is 0. The second-order valence-electron chi connectivity index (χ2n) is 9.27. The first-order valence-corrected chi connectivity index (χ1v) is 13.1. The molecule has 0 bridgehead atoms. The van der Waals surface area contributed by atoms with Crippen molar-refractivity contribution in [2.45, 2.75) is 24.9 Å². The Bertz CT molecular complexity index is 1300. The van der Waals surface area contributed by atoms with Gasteiger partial charge in [0.05, 0.1) is 9.52 Å². The summed E-state index contributed by atoms with van der Waals surface area (Å²) in [4.78, 5) is 0. The molecule has 6 rings (SSSR count). The number of allylic oxidation sites excluding steroid dienone is 2. The number of halogens is 2. The van der Waals surface area contributed by atoms with Gasteiger partial charge in [0.15, 0.2) is 0 Å². The molecule has 0 spiro atoms. The third-order valence-electron chi connectivity index (χ3n) is 7.23. The predicted molar refractivity (Wildman–Crippen MR) is 157 cm³/mol. The van der Waals surface area contributed by atoms with Crippen LogP contribution < -0.4 is 24.8 Å². The molecule has 4 heteroatoms. The molecule has 4 aromatic rings. The third kappa shape index (κ3) is 6.10. The van der Waals surface area contributed by atoms with Gasteiger partial charge in [0.25, 0.3) is 0 Å². The summed E-state index contributed by atoms with van der Waals surface area (Å²) in [5.74, 6) is 0. The van der Waals surface area contributed by atoms with E-state index in [2.05, 4.69) is 123 Å². The molecular formula is C34H33Cl2SiZr. The van der Waals surface area contributed by atoms with E-state index in [-0.39, 0.29) is 75.4 Å². The molecule has 2 unspecified atom stereocenters. The minimum absolute atomic E-state index is 0. The van der Waals surface area contributed by atoms with Crippen LogP contribution in [0.2, 0.25) is 0 Å². The fourth-order valence-electron chi connectivity index (χ4n) is 5.60. The van der Waals surface area contributed by atoms with E-state index in [0.717, 1.165) is 0 Å². The van der Waals surface area contributed by atoms with Gasteiger partial charge in [0.1, 0.15) is 0 Å². The van der Waals surface area contributed by atoms with Crippen molar-refractivity contribution in [1.29, 1.82) is 0 Å². The molecule has 2 aliphatic carbocycles. The molecule has 2 atom stereocenters. The van der Waals surface area contributed by atoms with Crippen LogP contribution in [-0.2, 0) is 26.2 Å². The number of hydrogen-bond donors (Lipinski definition) is 0. The van der Waals surface area contributed by atoms with Crippen molar-refractivity contribution in [3.8, 4) is 22.3 Å². The van der Waals surface area contributed by atoms with Gasteiger partial charge >= 0.3 is 26.2 Å². The molecule has 0 heterocycles. The van der Waals surface area contributed by atoms with E-state index in [1.807, 2.05) is 0 Å². The molecule has 0 nitrogen and oxygen atoms in total. The van der Waals surface area contributed by atoms with E-state index < -0.39 is 0 Å². The second kappa shape index (κ2) is 14.4. The topological polar surface area (TPSA) is 0 Å². The van der Waals surface area contributed by atoms with Gasteiger partial charge in [-0.05, 0) is 69.4 Å². The van der Waals surface area contributed by atoms with Gasteiger partial charge in [-0.3, -0.25) is 0 Å². The Morgan fingerprint density at radius 3 is 1.24 bits per heavy atom. The standard InChI is InChI=1S/C32H27Si.2CH3.2ClH.Zr/c1-21-19-29-25(23-11-5-3-6-12-23)15-9-17-27(29)31(21)33-32-22(2)20-30-26(16-10-18-28(30)32)24-13-7-4-8-14-24;;;;;/h3-20,31-33H,1-2H3;2*1H3;2*1H;/q;2*-1;;;+4/p-2. The fourth-order valence-corrected chi connectivity index (χ4v) is 7.78. The first kappa shape index (κ1) is 34.1. The van der Waals surface area contributed by atoms with Crippen molar-refractivity contribution < 1.29 is 51.0 Å². The first-order valence-electron chi connectivity index (χ1n) is 11.8. The van der Waals surface area contributed by atoms with Crippen LogP contribution in [0.1, 0.15) is 47.2 Å². The van der Waals surface area contributed by atoms with E-state index in [1.165, 1.54) is 55.7 Å². The van der Waals surface area contributed by atoms with Crippen LogP contribution in [0.25, 0.3) is 34.4 Å². The zero-order valence-electron chi connectivity index (χ0n) is 22.4. The van der Waals surface area contributed by atoms with Gasteiger partial charge in [-0.15, -0.1) is 0 Å². The molecule has 0 aliphatic heterocycles. The van der Waals surface area contributed by atoms with Crippen LogP contribution in [0, 0.1) is 14.9 Å². The first-order chi connectivity index (χ1) is 16.2. The Morgan fingerprint density at radius 1 is 0.500 bits per heavy atom. The average molecular weight is 632 g/mol. The Kier molecular flexibility index (Phi) is 12.9. The van der Waals surface area contributed by atoms with Crippen LogP contribution in [0.5, 0.6) is 0 Å². The predicted octanol–water partition coefficient (Wildman–Crippen LogP) is 2.98. The van der Waals surface area contributed by atoms with Gasteiger partial charge in [0, 0.05) is 0 Å². The SMILES string of the molecule is CC1=Cc2c(-c3ccccc3)cccc2C1[SiH]C1C(C)=Cc2c(-c3ccccc3)cccc21.[CH3-].[CH3-].[Cl-].[Cl-].[Zr+4]. The molecule has 38 heavy (non-hydrogen) atoms. The summed E-state index contributed by atoms with van der Waals surface area (Å²) in [6.07, 6.45) is 4.90.